The highest BCUT2D eigenvalue weighted by molar-refractivity contribution is 6.19. The lowest BCUT2D eigenvalue weighted by Crippen LogP contribution is -2.69. The van der Waals surface area contributed by atoms with Crippen LogP contribution in [-0.2, 0) is 86.4 Å². The summed E-state index contributed by atoms with van der Waals surface area (Å²) in [5, 5.41) is 11.6. The Hall–Kier alpha value is -5.33. The topological polar surface area (TPSA) is 192 Å². The highest BCUT2D eigenvalue weighted by Crippen LogP contribution is 2.37. The summed E-state index contributed by atoms with van der Waals surface area (Å²) in [6, 6.07) is 26.1. The van der Waals surface area contributed by atoms with E-state index in [1.54, 1.807) is 0 Å². The van der Waals surface area contributed by atoms with Crippen molar-refractivity contribution in [2.45, 2.75) is 116 Å². The Bertz CT molecular complexity index is 1990. The van der Waals surface area contributed by atoms with Gasteiger partial charge in [0.05, 0.1) is 26.4 Å². The number of hydrogen-bond acceptors (Lipinski definition) is 15. The quantitative estimate of drug-likeness (QED) is 0.117. The van der Waals surface area contributed by atoms with E-state index < -0.39 is 91.1 Å². The zero-order chi connectivity index (χ0) is 43.6. The molecule has 3 heterocycles. The number of ether oxygens (including phenoxy) is 9. The molecule has 0 spiro atoms. The number of amides is 2. The van der Waals surface area contributed by atoms with Crippen LogP contribution in [0.5, 0.6) is 0 Å². The summed E-state index contributed by atoms with van der Waals surface area (Å²) in [5.41, 5.74) is 2.64. The highest BCUT2D eigenvalue weighted by Gasteiger charge is 2.58. The summed E-state index contributed by atoms with van der Waals surface area (Å²) in [6.07, 6.45) is -12.6. The Morgan fingerprint density at radius 1 is 0.590 bits per heavy atom. The van der Waals surface area contributed by atoms with Gasteiger partial charge >= 0.3 is 17.9 Å². The molecule has 0 saturated carbocycles. The number of carbonyl (C=O) groups excluding carboxylic acids is 5. The van der Waals surface area contributed by atoms with E-state index in [2.05, 4.69) is 0 Å². The van der Waals surface area contributed by atoms with Gasteiger partial charge in [-0.1, -0.05) is 91.0 Å². The first-order chi connectivity index (χ1) is 29.3. The van der Waals surface area contributed by atoms with Crippen molar-refractivity contribution in [2.75, 3.05) is 13.2 Å². The molecule has 0 bridgehead atoms. The lowest BCUT2D eigenvalue weighted by molar-refractivity contribution is -0.357. The Labute approximate surface area is 353 Å². The third kappa shape index (κ3) is 11.3. The largest absolute Gasteiger partial charge is 0.463 e. The van der Waals surface area contributed by atoms with E-state index in [1.807, 2.05) is 91.0 Å². The molecule has 0 aliphatic carbocycles. The number of aliphatic hydroxyl groups is 1. The van der Waals surface area contributed by atoms with Gasteiger partial charge in [-0.2, -0.15) is 0 Å². The summed E-state index contributed by atoms with van der Waals surface area (Å²) in [7, 11) is 0. The Morgan fingerprint density at radius 3 is 1.57 bits per heavy atom. The van der Waals surface area contributed by atoms with Gasteiger partial charge < -0.3 is 47.7 Å². The fraction of sp³-hybridized carbons (Fsp3) is 0.444. The molecule has 0 radical (unpaired) electrons. The summed E-state index contributed by atoms with van der Waals surface area (Å²) in [5.74, 6) is -3.66. The monoisotopic (exact) mass is 845 g/mol. The van der Waals surface area contributed by atoms with Crippen LogP contribution in [0.3, 0.4) is 0 Å². The number of imide groups is 1. The number of rotatable bonds is 17. The van der Waals surface area contributed by atoms with E-state index in [0.29, 0.717) is 0 Å². The van der Waals surface area contributed by atoms with Gasteiger partial charge in [0.15, 0.2) is 24.8 Å². The van der Waals surface area contributed by atoms with Gasteiger partial charge in [0.2, 0.25) is 0 Å². The Balaban J connectivity index is 1.41. The van der Waals surface area contributed by atoms with Crippen molar-refractivity contribution in [3.8, 4) is 0 Å². The van der Waals surface area contributed by atoms with Gasteiger partial charge in [0.1, 0.15) is 43.2 Å². The predicted molar refractivity (Wildman–Crippen MR) is 212 cm³/mol. The van der Waals surface area contributed by atoms with Gasteiger partial charge in [0.25, 0.3) is 11.8 Å². The molecular formula is C45H51NO15. The Morgan fingerprint density at radius 2 is 1.07 bits per heavy atom. The van der Waals surface area contributed by atoms with Crippen LogP contribution in [0.4, 0.5) is 0 Å². The summed E-state index contributed by atoms with van der Waals surface area (Å²) < 4.78 is 55.7. The molecule has 2 saturated heterocycles. The number of benzene rings is 3. The second-order valence-electron chi connectivity index (χ2n) is 14.9. The first kappa shape index (κ1) is 45.2. The summed E-state index contributed by atoms with van der Waals surface area (Å²) in [4.78, 5) is 66.1. The molecule has 2 amide bonds. The van der Waals surface area contributed by atoms with E-state index in [-0.39, 0.29) is 44.2 Å². The van der Waals surface area contributed by atoms with Gasteiger partial charge in [0, 0.05) is 31.9 Å². The molecule has 3 aliphatic rings. The van der Waals surface area contributed by atoms with Crippen LogP contribution in [0.15, 0.2) is 102 Å². The van der Waals surface area contributed by atoms with Crippen molar-refractivity contribution in [1.82, 2.24) is 4.90 Å². The van der Waals surface area contributed by atoms with E-state index in [0.717, 1.165) is 28.5 Å². The average molecular weight is 846 g/mol. The second-order valence-corrected chi connectivity index (χ2v) is 14.9. The van der Waals surface area contributed by atoms with Crippen LogP contribution >= 0.6 is 0 Å². The smallest absolute Gasteiger partial charge is 0.303 e. The van der Waals surface area contributed by atoms with Crippen molar-refractivity contribution in [3.05, 3.63) is 119 Å². The van der Waals surface area contributed by atoms with Crippen LogP contribution in [0.25, 0.3) is 0 Å². The molecule has 61 heavy (non-hydrogen) atoms. The molecule has 10 atom stereocenters. The zero-order valence-corrected chi connectivity index (χ0v) is 34.6. The molecule has 6 rings (SSSR count). The second kappa shape index (κ2) is 21.0. The molecule has 0 unspecified atom stereocenters. The fourth-order valence-electron chi connectivity index (χ4n) is 7.44. The molecule has 3 aromatic carbocycles. The van der Waals surface area contributed by atoms with Gasteiger partial charge in [-0.15, -0.1) is 0 Å². The van der Waals surface area contributed by atoms with Crippen LogP contribution in [0.2, 0.25) is 0 Å². The molecule has 3 aromatic rings. The number of aliphatic hydroxyl groups excluding tert-OH is 1. The third-order valence-corrected chi connectivity index (χ3v) is 10.5. The van der Waals surface area contributed by atoms with E-state index in [9.17, 15) is 29.1 Å². The molecule has 0 aromatic heterocycles. The molecule has 326 valence electrons. The zero-order valence-electron chi connectivity index (χ0n) is 34.6. The van der Waals surface area contributed by atoms with Gasteiger partial charge in [-0.25, -0.2) is 0 Å². The van der Waals surface area contributed by atoms with Crippen molar-refractivity contribution < 1.29 is 71.7 Å². The number of esters is 3. The SMILES string of the molecule is CC(=O)OC[C@H]1O[C@@H](O[C@H]2[C@@H](OC(C)=O)[C@@H](N3C(=O)C(C)=C(C)C3=O)[C@@H](O)O[C@@H]2COCc2ccccc2)[C@H](OC(C)=O)[C@@H](OCc2ccccc2)[C@@H]1OCc1ccccc1. The van der Waals surface area contributed by atoms with Crippen LogP contribution in [0.1, 0.15) is 51.3 Å². The van der Waals surface area contributed by atoms with Gasteiger partial charge in [-0.3, -0.25) is 28.9 Å². The standard InChI is InChI=1S/C45H51NO15/c1-26-27(2)43(51)46(42(26)50)36-39(57-29(4)48)38(34(59-44(36)52)24-53-21-31-15-9-6-10-16-31)61-45-41(58-30(5)49)40(56-23-33-19-13-8-14-20-33)37(35(60-45)25-54-28(3)47)55-22-32-17-11-7-12-18-32/h6-20,34-41,44-45,52H,21-25H2,1-5H3/t34-,35-,36-,37-,38-,39+,40+,41-,44+,45+/m1/s1. The van der Waals surface area contributed by atoms with Crippen LogP contribution < -0.4 is 0 Å². The predicted octanol–water partition coefficient (Wildman–Crippen LogP) is 3.70. The summed E-state index contributed by atoms with van der Waals surface area (Å²) in [6.45, 7) is 6.04. The number of carbonyl (C=O) groups is 5. The van der Waals surface area contributed by atoms with Crippen LogP contribution in [0, 0.1) is 0 Å². The van der Waals surface area contributed by atoms with Crippen LogP contribution in [-0.4, -0.2) is 114 Å². The molecule has 1 N–H and O–H groups in total. The van der Waals surface area contributed by atoms with E-state index in [4.69, 9.17) is 42.6 Å². The number of nitrogens with zero attached hydrogens (tertiary/aromatic N) is 1. The Kier molecular flexibility index (Phi) is 15.5. The lowest BCUT2D eigenvalue weighted by Gasteiger charge is -2.50. The molecule has 2 fully saturated rings. The van der Waals surface area contributed by atoms with Crippen molar-refractivity contribution >= 4 is 29.7 Å². The van der Waals surface area contributed by atoms with Crippen molar-refractivity contribution in [2.24, 2.45) is 0 Å². The molecular weight excluding hydrogens is 794 g/mol. The third-order valence-electron chi connectivity index (χ3n) is 10.5. The lowest BCUT2D eigenvalue weighted by atomic mass is 9.94. The minimum atomic E-state index is -1.88. The maximum Gasteiger partial charge on any atom is 0.303 e. The maximum absolute atomic E-state index is 13.6. The first-order valence-corrected chi connectivity index (χ1v) is 19.9. The minimum Gasteiger partial charge on any atom is -0.463 e. The average Bonchev–Trinajstić information content (AvgIpc) is 3.42. The van der Waals surface area contributed by atoms with Crippen molar-refractivity contribution in [1.29, 1.82) is 0 Å². The van der Waals surface area contributed by atoms with Gasteiger partial charge in [-0.05, 0) is 30.5 Å². The highest BCUT2D eigenvalue weighted by atomic mass is 16.8. The normalized spacial score (nSPS) is 27.8. The molecule has 16 heteroatoms. The summed E-state index contributed by atoms with van der Waals surface area (Å²) >= 11 is 0. The number of hydrogen-bond donors (Lipinski definition) is 1. The minimum absolute atomic E-state index is 0.0131. The molecule has 3 aliphatic heterocycles. The molecule has 16 nitrogen and oxygen atoms in total. The van der Waals surface area contributed by atoms with E-state index in [1.165, 1.54) is 27.7 Å². The van der Waals surface area contributed by atoms with Crippen molar-refractivity contribution in [3.63, 3.8) is 0 Å². The van der Waals surface area contributed by atoms with E-state index >= 15 is 0 Å². The maximum atomic E-state index is 13.6. The first-order valence-electron chi connectivity index (χ1n) is 19.9. The fourth-order valence-corrected chi connectivity index (χ4v) is 7.44.